The fourth-order valence-corrected chi connectivity index (χ4v) is 4.37. The third kappa shape index (κ3) is 4.22. The lowest BCUT2D eigenvalue weighted by atomic mass is 10.0. The first kappa shape index (κ1) is 20.3. The molecule has 1 fully saturated rings. The molecule has 0 radical (unpaired) electrons. The van der Waals surface area contributed by atoms with E-state index >= 15 is 0 Å². The van der Waals surface area contributed by atoms with Crippen molar-refractivity contribution in [3.63, 3.8) is 0 Å². The van der Waals surface area contributed by atoms with Crippen LogP contribution in [0.25, 0.3) is 10.3 Å². The molecule has 0 unspecified atom stereocenters. The number of fused-ring (bicyclic) bond motifs is 1. The molecular formula is C22H19FN6O2S. The van der Waals surface area contributed by atoms with E-state index in [1.807, 2.05) is 30.3 Å². The van der Waals surface area contributed by atoms with Gasteiger partial charge in [-0.3, -0.25) is 4.98 Å². The molecule has 10 heteroatoms. The number of halogens is 1. The summed E-state index contributed by atoms with van der Waals surface area (Å²) < 4.78 is 19.2. The SMILES string of the molecule is O=C(OCc1ccccc1)N1CC(c2nc3c(NCc4ncccc4F)ncnc3s2)C1. The number of amides is 1. The molecule has 0 spiro atoms. The highest BCUT2D eigenvalue weighted by Gasteiger charge is 2.35. The summed E-state index contributed by atoms with van der Waals surface area (Å²) in [7, 11) is 0. The van der Waals surface area contributed by atoms with E-state index in [-0.39, 0.29) is 31.0 Å². The summed E-state index contributed by atoms with van der Waals surface area (Å²) in [5.41, 5.74) is 1.89. The topological polar surface area (TPSA) is 93.1 Å². The van der Waals surface area contributed by atoms with Gasteiger partial charge in [0.1, 0.15) is 34.1 Å². The molecular weight excluding hydrogens is 431 g/mol. The number of ether oxygens (including phenoxy) is 1. The third-order valence-corrected chi connectivity index (χ3v) is 6.29. The first-order chi connectivity index (χ1) is 15.7. The molecule has 1 saturated heterocycles. The highest BCUT2D eigenvalue weighted by molar-refractivity contribution is 7.18. The number of benzene rings is 1. The fourth-order valence-electron chi connectivity index (χ4n) is 3.38. The van der Waals surface area contributed by atoms with Crippen molar-refractivity contribution in [2.45, 2.75) is 19.1 Å². The minimum Gasteiger partial charge on any atom is -0.445 e. The smallest absolute Gasteiger partial charge is 0.410 e. The molecule has 3 aromatic heterocycles. The van der Waals surface area contributed by atoms with Gasteiger partial charge in [0, 0.05) is 25.2 Å². The van der Waals surface area contributed by atoms with Crippen LogP contribution in [0.3, 0.4) is 0 Å². The van der Waals surface area contributed by atoms with Crippen LogP contribution in [-0.4, -0.2) is 44.0 Å². The van der Waals surface area contributed by atoms with E-state index in [1.165, 1.54) is 23.7 Å². The van der Waals surface area contributed by atoms with Gasteiger partial charge in [-0.2, -0.15) is 0 Å². The minimum atomic E-state index is -0.377. The lowest BCUT2D eigenvalue weighted by molar-refractivity contribution is 0.0664. The summed E-state index contributed by atoms with van der Waals surface area (Å²) in [6, 6.07) is 12.5. The molecule has 0 bridgehead atoms. The van der Waals surface area contributed by atoms with Crippen molar-refractivity contribution in [1.29, 1.82) is 0 Å². The van der Waals surface area contributed by atoms with Crippen LogP contribution in [0.2, 0.25) is 0 Å². The molecule has 0 atom stereocenters. The van der Waals surface area contributed by atoms with E-state index in [9.17, 15) is 9.18 Å². The maximum Gasteiger partial charge on any atom is 0.410 e. The largest absolute Gasteiger partial charge is 0.445 e. The summed E-state index contributed by atoms with van der Waals surface area (Å²) in [4.78, 5) is 32.0. The van der Waals surface area contributed by atoms with E-state index in [0.717, 1.165) is 15.4 Å². The molecule has 162 valence electrons. The van der Waals surface area contributed by atoms with Crippen LogP contribution in [0.1, 0.15) is 22.2 Å². The Balaban J connectivity index is 1.21. The first-order valence-corrected chi connectivity index (χ1v) is 10.9. The Labute approximate surface area is 187 Å². The number of nitrogens with zero attached hydrogens (tertiary/aromatic N) is 5. The number of nitrogens with one attached hydrogen (secondary N) is 1. The van der Waals surface area contributed by atoms with Gasteiger partial charge in [-0.1, -0.05) is 41.7 Å². The maximum atomic E-state index is 13.8. The molecule has 1 aliphatic rings. The van der Waals surface area contributed by atoms with Crippen molar-refractivity contribution in [2.75, 3.05) is 18.4 Å². The van der Waals surface area contributed by atoms with Gasteiger partial charge in [0.25, 0.3) is 0 Å². The van der Waals surface area contributed by atoms with Gasteiger partial charge in [0.05, 0.1) is 12.2 Å². The van der Waals surface area contributed by atoms with Gasteiger partial charge in [0.15, 0.2) is 5.82 Å². The van der Waals surface area contributed by atoms with Crippen LogP contribution in [0.4, 0.5) is 15.0 Å². The highest BCUT2D eigenvalue weighted by atomic mass is 32.1. The van der Waals surface area contributed by atoms with E-state index in [1.54, 1.807) is 17.2 Å². The number of aromatic nitrogens is 4. The average Bonchev–Trinajstić information content (AvgIpc) is 3.21. The lowest BCUT2D eigenvalue weighted by Gasteiger charge is -2.37. The van der Waals surface area contributed by atoms with Gasteiger partial charge >= 0.3 is 6.09 Å². The number of hydrogen-bond donors (Lipinski definition) is 1. The van der Waals surface area contributed by atoms with Gasteiger partial charge in [-0.05, 0) is 17.7 Å². The zero-order chi connectivity index (χ0) is 21.9. The highest BCUT2D eigenvalue weighted by Crippen LogP contribution is 2.34. The second-order valence-electron chi connectivity index (χ2n) is 7.36. The number of likely N-dealkylation sites (tertiary alicyclic amines) is 1. The molecule has 5 rings (SSSR count). The fraction of sp³-hybridized carbons (Fsp3) is 0.227. The van der Waals surface area contributed by atoms with Crippen LogP contribution in [-0.2, 0) is 17.9 Å². The first-order valence-electron chi connectivity index (χ1n) is 10.1. The minimum absolute atomic E-state index is 0.125. The van der Waals surface area contributed by atoms with Crippen LogP contribution >= 0.6 is 11.3 Å². The summed E-state index contributed by atoms with van der Waals surface area (Å²) in [6.07, 6.45) is 2.67. The maximum absolute atomic E-state index is 13.8. The van der Waals surface area contributed by atoms with Crippen LogP contribution in [0.15, 0.2) is 55.0 Å². The number of carbonyl (C=O) groups excluding carboxylic acids is 1. The molecule has 1 aromatic carbocycles. The molecule has 1 N–H and O–H groups in total. The molecule has 4 aromatic rings. The van der Waals surface area contributed by atoms with Crippen molar-refractivity contribution in [3.05, 3.63) is 77.1 Å². The normalized spacial score (nSPS) is 13.7. The molecule has 0 aliphatic carbocycles. The summed E-state index contributed by atoms with van der Waals surface area (Å²) in [5.74, 6) is 0.276. The van der Waals surface area contributed by atoms with E-state index in [4.69, 9.17) is 9.72 Å². The van der Waals surface area contributed by atoms with Crippen LogP contribution in [0.5, 0.6) is 0 Å². The van der Waals surface area contributed by atoms with Gasteiger partial charge in [-0.25, -0.2) is 24.1 Å². The predicted molar refractivity (Wildman–Crippen MR) is 118 cm³/mol. The molecule has 8 nitrogen and oxygen atoms in total. The number of pyridine rings is 1. The van der Waals surface area contributed by atoms with E-state index < -0.39 is 0 Å². The summed E-state index contributed by atoms with van der Waals surface area (Å²) in [6.45, 7) is 1.53. The Morgan fingerprint density at radius 1 is 1.16 bits per heavy atom. The Morgan fingerprint density at radius 3 is 2.81 bits per heavy atom. The number of anilines is 1. The zero-order valence-electron chi connectivity index (χ0n) is 16.9. The number of carbonyl (C=O) groups is 1. The third-order valence-electron chi connectivity index (χ3n) is 5.16. The molecule has 1 amide bonds. The van der Waals surface area contributed by atoms with Crippen LogP contribution < -0.4 is 5.32 Å². The predicted octanol–water partition coefficient (Wildman–Crippen LogP) is 3.97. The lowest BCUT2D eigenvalue weighted by Crippen LogP contribution is -2.48. The number of hydrogen-bond acceptors (Lipinski definition) is 8. The summed E-state index contributed by atoms with van der Waals surface area (Å²) >= 11 is 1.47. The quantitative estimate of drug-likeness (QED) is 0.475. The average molecular weight is 450 g/mol. The molecule has 4 heterocycles. The monoisotopic (exact) mass is 450 g/mol. The standard InChI is InChI=1S/C22H19FN6O2S/c23-16-7-4-8-24-17(16)9-25-19-18-21(27-13-26-19)32-20(28-18)15-10-29(11-15)22(30)31-12-14-5-2-1-3-6-14/h1-8,13,15H,9-12H2,(H,25,26,27). The van der Waals surface area contributed by atoms with Crippen molar-refractivity contribution >= 4 is 33.6 Å². The Hall–Kier alpha value is -3.66. The van der Waals surface area contributed by atoms with E-state index in [2.05, 4.69) is 20.3 Å². The van der Waals surface area contributed by atoms with Gasteiger partial charge in [-0.15, -0.1) is 0 Å². The Kier molecular flexibility index (Phi) is 5.59. The Bertz CT molecular complexity index is 1250. The Morgan fingerprint density at radius 2 is 2.00 bits per heavy atom. The zero-order valence-corrected chi connectivity index (χ0v) is 17.8. The summed E-state index contributed by atoms with van der Waals surface area (Å²) in [5, 5.41) is 3.99. The number of rotatable bonds is 6. The molecule has 0 saturated carbocycles. The molecule has 1 aliphatic heterocycles. The second-order valence-corrected chi connectivity index (χ2v) is 8.36. The van der Waals surface area contributed by atoms with Gasteiger partial charge in [0.2, 0.25) is 0 Å². The van der Waals surface area contributed by atoms with Crippen LogP contribution in [0, 0.1) is 5.82 Å². The van der Waals surface area contributed by atoms with Crippen molar-refractivity contribution < 1.29 is 13.9 Å². The molecule has 32 heavy (non-hydrogen) atoms. The van der Waals surface area contributed by atoms with Crippen molar-refractivity contribution in [2.24, 2.45) is 0 Å². The number of thiazole rings is 1. The van der Waals surface area contributed by atoms with Crippen molar-refractivity contribution in [1.82, 2.24) is 24.8 Å². The second kappa shape index (κ2) is 8.83. The van der Waals surface area contributed by atoms with E-state index in [0.29, 0.717) is 30.1 Å². The van der Waals surface area contributed by atoms with Crippen molar-refractivity contribution in [3.8, 4) is 0 Å². The van der Waals surface area contributed by atoms with Gasteiger partial charge < -0.3 is 15.0 Å².